The second kappa shape index (κ2) is 10.8. The van der Waals surface area contributed by atoms with E-state index < -0.39 is 10.0 Å². The first-order valence-electron chi connectivity index (χ1n) is 11.1. The van der Waals surface area contributed by atoms with Crippen LogP contribution in [0.1, 0.15) is 22.7 Å². The molecule has 0 heterocycles. The highest BCUT2D eigenvalue weighted by molar-refractivity contribution is 7.92. The summed E-state index contributed by atoms with van der Waals surface area (Å²) in [6, 6.07) is 32.3. The molecule has 1 N–H and O–H groups in total. The largest absolute Gasteiger partial charge is 0.345 e. The van der Waals surface area contributed by atoms with Crippen LogP contribution in [0.4, 0.5) is 5.69 Å². The van der Waals surface area contributed by atoms with Crippen LogP contribution in [0.5, 0.6) is 0 Å². The highest BCUT2D eigenvalue weighted by atomic mass is 35.5. The normalized spacial score (nSPS) is 11.3. The lowest BCUT2D eigenvalue weighted by Gasteiger charge is -2.21. The standard InChI is InChI=1S/C28H25ClN2O3S/c1-31(35(33,34)26-18-14-24(29)15-19-26)25-16-12-21(13-17-25)20-27(32)30-28(22-8-4-2-5-9-22)23-10-6-3-7-11-23/h2-19,28H,20H2,1H3,(H,30,32). The van der Waals surface area contributed by atoms with E-state index in [1.165, 1.54) is 23.5 Å². The average molecular weight is 505 g/mol. The van der Waals surface area contributed by atoms with Crippen molar-refractivity contribution < 1.29 is 13.2 Å². The minimum Gasteiger partial charge on any atom is -0.345 e. The fourth-order valence-electron chi connectivity index (χ4n) is 3.77. The Labute approximate surface area is 211 Å². The molecule has 7 heteroatoms. The second-order valence-corrected chi connectivity index (χ2v) is 10.5. The summed E-state index contributed by atoms with van der Waals surface area (Å²) in [5.74, 6) is -0.127. The quantitative estimate of drug-likeness (QED) is 0.339. The number of hydrogen-bond donors (Lipinski definition) is 1. The van der Waals surface area contributed by atoms with Gasteiger partial charge in [0.25, 0.3) is 10.0 Å². The molecule has 0 saturated heterocycles. The molecule has 0 bridgehead atoms. The molecular formula is C28H25ClN2O3S. The van der Waals surface area contributed by atoms with Gasteiger partial charge in [-0.05, 0) is 53.1 Å². The molecule has 0 aliphatic rings. The average Bonchev–Trinajstić information content (AvgIpc) is 2.88. The van der Waals surface area contributed by atoms with E-state index in [9.17, 15) is 13.2 Å². The van der Waals surface area contributed by atoms with Crippen molar-refractivity contribution in [3.05, 3.63) is 131 Å². The molecular weight excluding hydrogens is 480 g/mol. The predicted molar refractivity (Wildman–Crippen MR) is 140 cm³/mol. The zero-order valence-corrected chi connectivity index (χ0v) is 20.7. The number of nitrogens with one attached hydrogen (secondary N) is 1. The Morgan fingerprint density at radius 2 is 1.31 bits per heavy atom. The Morgan fingerprint density at radius 1 is 0.800 bits per heavy atom. The van der Waals surface area contributed by atoms with Crippen LogP contribution >= 0.6 is 11.6 Å². The molecule has 0 saturated carbocycles. The molecule has 0 radical (unpaired) electrons. The number of anilines is 1. The Hall–Kier alpha value is -3.61. The van der Waals surface area contributed by atoms with Crippen LogP contribution in [0.2, 0.25) is 5.02 Å². The van der Waals surface area contributed by atoms with Crippen molar-refractivity contribution in [2.45, 2.75) is 17.4 Å². The topological polar surface area (TPSA) is 66.5 Å². The smallest absolute Gasteiger partial charge is 0.264 e. The Morgan fingerprint density at radius 3 is 1.83 bits per heavy atom. The molecule has 4 aromatic carbocycles. The maximum atomic E-state index is 12.9. The van der Waals surface area contributed by atoms with Gasteiger partial charge in [-0.25, -0.2) is 8.42 Å². The number of amides is 1. The number of hydrogen-bond acceptors (Lipinski definition) is 3. The van der Waals surface area contributed by atoms with Crippen molar-refractivity contribution in [1.82, 2.24) is 5.32 Å². The van der Waals surface area contributed by atoms with E-state index in [1.54, 1.807) is 36.4 Å². The molecule has 4 rings (SSSR count). The van der Waals surface area contributed by atoms with Crippen LogP contribution in [0.25, 0.3) is 0 Å². The van der Waals surface area contributed by atoms with E-state index in [-0.39, 0.29) is 23.3 Å². The second-order valence-electron chi connectivity index (χ2n) is 8.09. The summed E-state index contributed by atoms with van der Waals surface area (Å²) in [4.78, 5) is 13.1. The van der Waals surface area contributed by atoms with Crippen LogP contribution in [0.15, 0.2) is 114 Å². The molecule has 0 fully saturated rings. The summed E-state index contributed by atoms with van der Waals surface area (Å²) in [6.07, 6.45) is 0.171. The van der Waals surface area contributed by atoms with E-state index in [0.29, 0.717) is 10.7 Å². The molecule has 4 aromatic rings. The maximum Gasteiger partial charge on any atom is 0.264 e. The van der Waals surface area contributed by atoms with Crippen LogP contribution in [-0.2, 0) is 21.2 Å². The molecule has 178 valence electrons. The van der Waals surface area contributed by atoms with Gasteiger partial charge in [0.15, 0.2) is 0 Å². The lowest BCUT2D eigenvalue weighted by atomic mass is 9.98. The highest BCUT2D eigenvalue weighted by Crippen LogP contribution is 2.25. The summed E-state index contributed by atoms with van der Waals surface area (Å²) in [6.45, 7) is 0. The van der Waals surface area contributed by atoms with Crippen molar-refractivity contribution in [2.75, 3.05) is 11.4 Å². The van der Waals surface area contributed by atoms with Gasteiger partial charge in [0.05, 0.1) is 23.0 Å². The van der Waals surface area contributed by atoms with E-state index in [4.69, 9.17) is 11.6 Å². The highest BCUT2D eigenvalue weighted by Gasteiger charge is 2.21. The number of benzene rings is 4. The van der Waals surface area contributed by atoms with Gasteiger partial charge in [0.1, 0.15) is 0 Å². The number of sulfonamides is 1. The lowest BCUT2D eigenvalue weighted by Crippen LogP contribution is -2.30. The molecule has 0 aliphatic heterocycles. The zero-order chi connectivity index (χ0) is 24.8. The molecule has 5 nitrogen and oxygen atoms in total. The van der Waals surface area contributed by atoms with Crippen molar-refractivity contribution in [3.63, 3.8) is 0 Å². The van der Waals surface area contributed by atoms with Crippen LogP contribution in [0, 0.1) is 0 Å². The third-order valence-corrected chi connectivity index (χ3v) is 7.76. The molecule has 35 heavy (non-hydrogen) atoms. The minimum atomic E-state index is -3.73. The summed E-state index contributed by atoms with van der Waals surface area (Å²) in [5.41, 5.74) is 3.27. The first kappa shape index (κ1) is 24.5. The fourth-order valence-corrected chi connectivity index (χ4v) is 5.10. The first-order chi connectivity index (χ1) is 16.8. The summed E-state index contributed by atoms with van der Waals surface area (Å²) < 4.78 is 27.0. The SMILES string of the molecule is CN(c1ccc(CC(=O)NC(c2ccccc2)c2ccccc2)cc1)S(=O)(=O)c1ccc(Cl)cc1. The lowest BCUT2D eigenvalue weighted by molar-refractivity contribution is -0.120. The Balaban J connectivity index is 1.47. The van der Waals surface area contributed by atoms with Crippen LogP contribution < -0.4 is 9.62 Å². The summed E-state index contributed by atoms with van der Waals surface area (Å²) >= 11 is 5.88. The van der Waals surface area contributed by atoms with Crippen molar-refractivity contribution in [1.29, 1.82) is 0 Å². The van der Waals surface area contributed by atoms with Crippen molar-refractivity contribution in [3.8, 4) is 0 Å². The van der Waals surface area contributed by atoms with Crippen LogP contribution in [0.3, 0.4) is 0 Å². The van der Waals surface area contributed by atoms with E-state index in [0.717, 1.165) is 16.7 Å². The molecule has 0 aliphatic carbocycles. The van der Waals surface area contributed by atoms with Gasteiger partial charge in [-0.1, -0.05) is 84.4 Å². The zero-order valence-electron chi connectivity index (χ0n) is 19.1. The fraction of sp³-hybridized carbons (Fsp3) is 0.107. The van der Waals surface area contributed by atoms with Gasteiger partial charge < -0.3 is 5.32 Å². The Kier molecular flexibility index (Phi) is 7.54. The van der Waals surface area contributed by atoms with Gasteiger partial charge >= 0.3 is 0 Å². The van der Waals surface area contributed by atoms with Gasteiger partial charge in [0.2, 0.25) is 5.91 Å². The monoisotopic (exact) mass is 504 g/mol. The van der Waals surface area contributed by atoms with Crippen LogP contribution in [-0.4, -0.2) is 21.4 Å². The number of nitrogens with zero attached hydrogens (tertiary/aromatic N) is 1. The third kappa shape index (κ3) is 5.91. The first-order valence-corrected chi connectivity index (χ1v) is 12.9. The number of halogens is 1. The molecule has 1 amide bonds. The molecule has 0 spiro atoms. The van der Waals surface area contributed by atoms with Gasteiger partial charge in [-0.3, -0.25) is 9.10 Å². The number of rotatable bonds is 8. The van der Waals surface area contributed by atoms with E-state index in [1.807, 2.05) is 60.7 Å². The third-order valence-electron chi connectivity index (χ3n) is 5.71. The van der Waals surface area contributed by atoms with Gasteiger partial charge in [-0.2, -0.15) is 0 Å². The van der Waals surface area contributed by atoms with Gasteiger partial charge in [0, 0.05) is 12.1 Å². The Bertz CT molecular complexity index is 1340. The van der Waals surface area contributed by atoms with Crippen molar-refractivity contribution in [2.24, 2.45) is 0 Å². The minimum absolute atomic E-state index is 0.127. The summed E-state index contributed by atoms with van der Waals surface area (Å²) in [5, 5.41) is 3.60. The number of carbonyl (C=O) groups is 1. The maximum absolute atomic E-state index is 12.9. The molecule has 0 aromatic heterocycles. The summed E-state index contributed by atoms with van der Waals surface area (Å²) in [7, 11) is -2.23. The number of carbonyl (C=O) groups excluding carboxylic acids is 1. The van der Waals surface area contributed by atoms with Gasteiger partial charge in [-0.15, -0.1) is 0 Å². The molecule has 0 unspecified atom stereocenters. The van der Waals surface area contributed by atoms with Crippen molar-refractivity contribution >= 4 is 33.2 Å². The van der Waals surface area contributed by atoms with E-state index >= 15 is 0 Å². The molecule has 0 atom stereocenters. The predicted octanol–water partition coefficient (Wildman–Crippen LogP) is 5.61. The van der Waals surface area contributed by atoms with E-state index in [2.05, 4.69) is 5.32 Å².